The maximum Gasteiger partial charge on any atom is 0.270 e. The number of nitrogens with zero attached hydrogens (tertiary/aromatic N) is 1. The summed E-state index contributed by atoms with van der Waals surface area (Å²) in [5, 5.41) is 11.9. The summed E-state index contributed by atoms with van der Waals surface area (Å²) in [5.41, 5.74) is 0.438. The van der Waals surface area contributed by atoms with Crippen molar-refractivity contribution in [3.05, 3.63) is 52.1 Å². The second kappa shape index (κ2) is 3.49. The van der Waals surface area contributed by atoms with Crippen LogP contribution >= 0.6 is 0 Å². The molecule has 4 nitrogen and oxygen atoms in total. The maximum absolute atomic E-state index is 10.6. The van der Waals surface area contributed by atoms with E-state index in [1.54, 1.807) is 30.6 Å². The van der Waals surface area contributed by atoms with Crippen molar-refractivity contribution in [1.82, 2.24) is 0 Å². The highest BCUT2D eigenvalue weighted by Gasteiger charge is 2.07. The molecule has 0 amide bonds. The van der Waals surface area contributed by atoms with Crippen molar-refractivity contribution >= 4 is 22.7 Å². The molecule has 15 heavy (non-hydrogen) atoms. The van der Waals surface area contributed by atoms with Gasteiger partial charge < -0.3 is 0 Å². The molecule has 2 aromatic carbocycles. The van der Waals surface area contributed by atoms with Crippen molar-refractivity contribution in [3.8, 4) is 0 Å². The van der Waals surface area contributed by atoms with Crippen LogP contribution in [-0.2, 0) is 4.79 Å². The number of nitro benzene ring substituents is 1. The number of fused-ring (bicyclic) bond motifs is 1. The van der Waals surface area contributed by atoms with Crippen LogP contribution in [0.3, 0.4) is 0 Å². The maximum atomic E-state index is 10.6. The molecular weight excluding hydrogens is 194 g/mol. The molecule has 0 unspecified atom stereocenters. The Bertz CT molecular complexity index is 549. The van der Waals surface area contributed by atoms with Crippen LogP contribution in [0.2, 0.25) is 0 Å². The predicted molar refractivity (Wildman–Crippen MR) is 55.4 cm³/mol. The monoisotopic (exact) mass is 200 g/mol. The van der Waals surface area contributed by atoms with E-state index in [-0.39, 0.29) is 5.69 Å². The first-order chi connectivity index (χ1) is 7.22. The molecular formula is C11H6NO3. The van der Waals surface area contributed by atoms with Gasteiger partial charge in [-0.3, -0.25) is 14.9 Å². The van der Waals surface area contributed by atoms with Crippen LogP contribution < -0.4 is 0 Å². The SMILES string of the molecule is O=[C]c1cccc2cc([N+](=O)[O-])ccc12. The van der Waals surface area contributed by atoms with Gasteiger partial charge in [0.1, 0.15) is 0 Å². The number of hydrogen-bond donors (Lipinski definition) is 0. The van der Waals surface area contributed by atoms with E-state index in [9.17, 15) is 14.9 Å². The standard InChI is InChI=1S/C11H6NO3/c13-7-9-3-1-2-8-6-10(12(14)15)4-5-11(8)9/h1-6H. The van der Waals surface area contributed by atoms with Crippen LogP contribution in [0.25, 0.3) is 10.8 Å². The summed E-state index contributed by atoms with van der Waals surface area (Å²) in [6, 6.07) is 9.41. The Hall–Kier alpha value is -2.23. The predicted octanol–water partition coefficient (Wildman–Crippen LogP) is 2.21. The van der Waals surface area contributed by atoms with Crippen LogP contribution in [0.1, 0.15) is 5.56 Å². The fourth-order valence-electron chi connectivity index (χ4n) is 1.47. The topological polar surface area (TPSA) is 60.2 Å². The van der Waals surface area contributed by atoms with Gasteiger partial charge in [-0.25, -0.2) is 0 Å². The molecule has 2 aromatic rings. The Balaban J connectivity index is 2.74. The zero-order valence-electron chi connectivity index (χ0n) is 7.64. The second-order valence-electron chi connectivity index (χ2n) is 3.07. The van der Waals surface area contributed by atoms with E-state index in [1.807, 2.05) is 0 Å². The lowest BCUT2D eigenvalue weighted by Crippen LogP contribution is -1.89. The first-order valence-electron chi connectivity index (χ1n) is 4.27. The molecule has 2 rings (SSSR count). The van der Waals surface area contributed by atoms with Gasteiger partial charge in [-0.15, -0.1) is 0 Å². The fraction of sp³-hybridized carbons (Fsp3) is 0. The van der Waals surface area contributed by atoms with Gasteiger partial charge in [0.05, 0.1) is 4.92 Å². The summed E-state index contributed by atoms with van der Waals surface area (Å²) < 4.78 is 0. The van der Waals surface area contributed by atoms with Crippen molar-refractivity contribution in [2.45, 2.75) is 0 Å². The van der Waals surface area contributed by atoms with E-state index < -0.39 is 4.92 Å². The molecule has 0 aromatic heterocycles. The minimum Gasteiger partial charge on any atom is -0.285 e. The summed E-state index contributed by atoms with van der Waals surface area (Å²) in [5.74, 6) is 0. The third-order valence-electron chi connectivity index (χ3n) is 2.18. The van der Waals surface area contributed by atoms with Gasteiger partial charge in [0.15, 0.2) is 0 Å². The lowest BCUT2D eigenvalue weighted by atomic mass is 10.1. The number of benzene rings is 2. The van der Waals surface area contributed by atoms with E-state index in [4.69, 9.17) is 0 Å². The second-order valence-corrected chi connectivity index (χ2v) is 3.07. The molecule has 0 spiro atoms. The summed E-state index contributed by atoms with van der Waals surface area (Å²) in [4.78, 5) is 20.6. The number of carbonyl (C=O) groups excluding carboxylic acids is 1. The number of nitro groups is 1. The lowest BCUT2D eigenvalue weighted by Gasteiger charge is -1.99. The highest BCUT2D eigenvalue weighted by molar-refractivity contribution is 5.98. The molecule has 0 fully saturated rings. The molecule has 0 bridgehead atoms. The van der Waals surface area contributed by atoms with Gasteiger partial charge in [0.2, 0.25) is 6.29 Å². The Morgan fingerprint density at radius 2 is 2.00 bits per heavy atom. The van der Waals surface area contributed by atoms with Gasteiger partial charge in [-0.1, -0.05) is 18.2 Å². The summed E-state index contributed by atoms with van der Waals surface area (Å²) in [6.45, 7) is 0. The number of hydrogen-bond acceptors (Lipinski definition) is 3. The Kier molecular flexibility index (Phi) is 2.17. The molecule has 0 aliphatic carbocycles. The Morgan fingerprint density at radius 3 is 2.67 bits per heavy atom. The smallest absolute Gasteiger partial charge is 0.270 e. The quantitative estimate of drug-likeness (QED) is 0.551. The average molecular weight is 200 g/mol. The minimum absolute atomic E-state index is 0.0190. The van der Waals surface area contributed by atoms with E-state index in [0.29, 0.717) is 16.3 Å². The summed E-state index contributed by atoms with van der Waals surface area (Å²) in [6.07, 6.45) is 1.80. The van der Waals surface area contributed by atoms with Crippen LogP contribution in [0, 0.1) is 10.1 Å². The van der Waals surface area contributed by atoms with Gasteiger partial charge in [0, 0.05) is 17.7 Å². The Labute approximate surface area is 85.3 Å². The summed E-state index contributed by atoms with van der Waals surface area (Å²) in [7, 11) is 0. The molecule has 0 atom stereocenters. The van der Waals surface area contributed by atoms with E-state index >= 15 is 0 Å². The van der Waals surface area contributed by atoms with Crippen LogP contribution in [0.5, 0.6) is 0 Å². The molecule has 1 radical (unpaired) electrons. The molecule has 0 heterocycles. The van der Waals surface area contributed by atoms with E-state index in [2.05, 4.69) is 0 Å². The van der Waals surface area contributed by atoms with Crippen molar-refractivity contribution in [2.75, 3.05) is 0 Å². The normalized spacial score (nSPS) is 10.1. The highest BCUT2D eigenvalue weighted by atomic mass is 16.6. The first-order valence-corrected chi connectivity index (χ1v) is 4.27. The summed E-state index contributed by atoms with van der Waals surface area (Å²) >= 11 is 0. The van der Waals surface area contributed by atoms with Crippen LogP contribution in [0.4, 0.5) is 5.69 Å². The van der Waals surface area contributed by atoms with E-state index in [1.165, 1.54) is 12.1 Å². The molecule has 0 N–H and O–H groups in total. The van der Waals surface area contributed by atoms with Gasteiger partial charge in [0.25, 0.3) is 5.69 Å². The molecule has 0 aliphatic rings. The largest absolute Gasteiger partial charge is 0.285 e. The zero-order valence-corrected chi connectivity index (χ0v) is 7.64. The molecule has 0 aliphatic heterocycles. The molecule has 73 valence electrons. The Morgan fingerprint density at radius 1 is 1.20 bits per heavy atom. The molecule has 0 saturated carbocycles. The third kappa shape index (κ3) is 1.57. The van der Waals surface area contributed by atoms with Crippen LogP contribution in [0.15, 0.2) is 36.4 Å². The van der Waals surface area contributed by atoms with Crippen molar-refractivity contribution in [2.24, 2.45) is 0 Å². The molecule has 4 heteroatoms. The number of rotatable bonds is 2. The fourth-order valence-corrected chi connectivity index (χ4v) is 1.47. The first kappa shape index (κ1) is 9.33. The van der Waals surface area contributed by atoms with Gasteiger partial charge in [-0.05, 0) is 16.8 Å². The zero-order chi connectivity index (χ0) is 10.8. The number of non-ortho nitro benzene ring substituents is 1. The van der Waals surface area contributed by atoms with Crippen LogP contribution in [-0.4, -0.2) is 11.2 Å². The van der Waals surface area contributed by atoms with Crippen molar-refractivity contribution in [3.63, 3.8) is 0 Å². The van der Waals surface area contributed by atoms with Gasteiger partial charge in [-0.2, -0.15) is 0 Å². The van der Waals surface area contributed by atoms with Crippen molar-refractivity contribution < 1.29 is 9.72 Å². The average Bonchev–Trinajstić information content (AvgIpc) is 2.27. The van der Waals surface area contributed by atoms with Crippen molar-refractivity contribution in [1.29, 1.82) is 0 Å². The minimum atomic E-state index is -0.462. The third-order valence-corrected chi connectivity index (χ3v) is 2.18. The van der Waals surface area contributed by atoms with E-state index in [0.717, 1.165) is 0 Å². The highest BCUT2D eigenvalue weighted by Crippen LogP contribution is 2.22. The lowest BCUT2D eigenvalue weighted by molar-refractivity contribution is -0.384. The molecule has 0 saturated heterocycles. The van der Waals surface area contributed by atoms with Gasteiger partial charge >= 0.3 is 0 Å².